The summed E-state index contributed by atoms with van der Waals surface area (Å²) in [5, 5.41) is -0.328. The van der Waals surface area contributed by atoms with Gasteiger partial charge in [-0.2, -0.15) is 13.2 Å². The summed E-state index contributed by atoms with van der Waals surface area (Å²) < 4.78 is 64.1. The summed E-state index contributed by atoms with van der Waals surface area (Å²) in [5.41, 5.74) is -0.183. The molecule has 0 bridgehead atoms. The Bertz CT molecular complexity index is 787. The van der Waals surface area contributed by atoms with Crippen LogP contribution in [0.25, 0.3) is 0 Å². The number of nitrogens with one attached hydrogen (secondary N) is 1. The lowest BCUT2D eigenvalue weighted by molar-refractivity contribution is -0.137. The number of alkyl halides is 3. The van der Waals surface area contributed by atoms with Crippen molar-refractivity contribution in [1.29, 1.82) is 0 Å². The quantitative estimate of drug-likeness (QED) is 0.888. The minimum Gasteiger partial charge on any atom is -0.278 e. The standard InChI is InChI=1S/C14H11ClF3NO2S/c1-9-2-5-11(6-3-9)22(20,21)19-13-7-4-10(8-12(13)15)14(16,17)18/h2-8,19H,1H3. The Morgan fingerprint density at radius 3 is 2.14 bits per heavy atom. The zero-order valence-electron chi connectivity index (χ0n) is 11.3. The highest BCUT2D eigenvalue weighted by Crippen LogP contribution is 2.34. The molecular weight excluding hydrogens is 339 g/mol. The van der Waals surface area contributed by atoms with Gasteiger partial charge in [-0.1, -0.05) is 29.3 Å². The molecular formula is C14H11ClF3NO2S. The van der Waals surface area contributed by atoms with Gasteiger partial charge in [0, 0.05) is 0 Å². The normalized spacial score (nSPS) is 12.2. The molecule has 0 aliphatic carbocycles. The van der Waals surface area contributed by atoms with Crippen molar-refractivity contribution in [2.45, 2.75) is 18.0 Å². The second kappa shape index (κ2) is 5.81. The van der Waals surface area contributed by atoms with Gasteiger partial charge in [-0.25, -0.2) is 8.42 Å². The molecule has 0 atom stereocenters. The average molecular weight is 350 g/mol. The smallest absolute Gasteiger partial charge is 0.278 e. The van der Waals surface area contributed by atoms with Crippen molar-refractivity contribution < 1.29 is 21.6 Å². The van der Waals surface area contributed by atoms with Crippen molar-refractivity contribution >= 4 is 27.3 Å². The van der Waals surface area contributed by atoms with Crippen LogP contribution in [0.3, 0.4) is 0 Å². The topological polar surface area (TPSA) is 46.2 Å². The zero-order valence-corrected chi connectivity index (χ0v) is 12.9. The van der Waals surface area contributed by atoms with Gasteiger partial charge in [0.15, 0.2) is 0 Å². The van der Waals surface area contributed by atoms with Gasteiger partial charge in [0.25, 0.3) is 10.0 Å². The molecule has 2 rings (SSSR count). The SMILES string of the molecule is Cc1ccc(S(=O)(=O)Nc2ccc(C(F)(F)F)cc2Cl)cc1. The molecule has 0 saturated heterocycles. The number of aryl methyl sites for hydroxylation is 1. The fourth-order valence-corrected chi connectivity index (χ4v) is 3.06. The van der Waals surface area contributed by atoms with Crippen LogP contribution in [-0.4, -0.2) is 8.42 Å². The van der Waals surface area contributed by atoms with Crippen LogP contribution in [0.4, 0.5) is 18.9 Å². The molecule has 0 spiro atoms. The van der Waals surface area contributed by atoms with Crippen LogP contribution < -0.4 is 4.72 Å². The van der Waals surface area contributed by atoms with Crippen molar-refractivity contribution in [3.63, 3.8) is 0 Å². The molecule has 2 aromatic carbocycles. The summed E-state index contributed by atoms with van der Waals surface area (Å²) in [6.07, 6.45) is -4.54. The number of sulfonamides is 1. The van der Waals surface area contributed by atoms with Crippen molar-refractivity contribution in [2.24, 2.45) is 0 Å². The first-order valence-electron chi connectivity index (χ1n) is 6.06. The van der Waals surface area contributed by atoms with Gasteiger partial charge in [0.05, 0.1) is 21.2 Å². The van der Waals surface area contributed by atoms with E-state index in [1.54, 1.807) is 19.1 Å². The predicted octanol–water partition coefficient (Wildman–Crippen LogP) is 4.47. The minimum absolute atomic E-state index is 0.00550. The Labute approximate surface area is 130 Å². The second-order valence-electron chi connectivity index (χ2n) is 4.61. The molecule has 0 saturated carbocycles. The maximum atomic E-state index is 12.5. The molecule has 0 fully saturated rings. The molecule has 0 heterocycles. The van der Waals surface area contributed by atoms with Crippen molar-refractivity contribution in [3.05, 3.63) is 58.6 Å². The summed E-state index contributed by atoms with van der Waals surface area (Å²) in [6, 6.07) is 8.45. The number of halogens is 4. The molecule has 0 aromatic heterocycles. The number of rotatable bonds is 3. The molecule has 118 valence electrons. The van der Waals surface area contributed by atoms with E-state index in [2.05, 4.69) is 4.72 Å². The third kappa shape index (κ3) is 3.72. The van der Waals surface area contributed by atoms with Crippen LogP contribution in [-0.2, 0) is 16.2 Å². The fraction of sp³-hybridized carbons (Fsp3) is 0.143. The van der Waals surface area contributed by atoms with Gasteiger partial charge in [0.1, 0.15) is 0 Å². The van der Waals surface area contributed by atoms with Gasteiger partial charge in [-0.3, -0.25) is 4.72 Å². The van der Waals surface area contributed by atoms with E-state index >= 15 is 0 Å². The zero-order chi connectivity index (χ0) is 16.5. The summed E-state index contributed by atoms with van der Waals surface area (Å²) in [5.74, 6) is 0. The van der Waals surface area contributed by atoms with Crippen LogP contribution in [0, 0.1) is 6.92 Å². The van der Waals surface area contributed by atoms with E-state index in [1.165, 1.54) is 12.1 Å². The van der Waals surface area contributed by atoms with E-state index < -0.39 is 21.8 Å². The fourth-order valence-electron chi connectivity index (χ4n) is 1.70. The van der Waals surface area contributed by atoms with Crippen LogP contribution in [0.15, 0.2) is 47.4 Å². The molecule has 0 aliphatic rings. The second-order valence-corrected chi connectivity index (χ2v) is 6.70. The van der Waals surface area contributed by atoms with Gasteiger partial charge in [-0.15, -0.1) is 0 Å². The lowest BCUT2D eigenvalue weighted by Crippen LogP contribution is -2.14. The Morgan fingerprint density at radius 1 is 1.05 bits per heavy atom. The summed E-state index contributed by atoms with van der Waals surface area (Å²) in [7, 11) is -3.92. The van der Waals surface area contributed by atoms with E-state index in [4.69, 9.17) is 11.6 Å². The molecule has 3 nitrogen and oxygen atoms in total. The molecule has 22 heavy (non-hydrogen) atoms. The number of anilines is 1. The first-order valence-corrected chi connectivity index (χ1v) is 7.92. The largest absolute Gasteiger partial charge is 0.416 e. The Balaban J connectivity index is 2.32. The number of benzene rings is 2. The molecule has 1 N–H and O–H groups in total. The third-order valence-electron chi connectivity index (χ3n) is 2.87. The highest BCUT2D eigenvalue weighted by atomic mass is 35.5. The number of hydrogen-bond acceptors (Lipinski definition) is 2. The third-order valence-corrected chi connectivity index (χ3v) is 4.57. The van der Waals surface area contributed by atoms with E-state index in [0.29, 0.717) is 6.07 Å². The highest BCUT2D eigenvalue weighted by molar-refractivity contribution is 7.92. The van der Waals surface area contributed by atoms with Crippen molar-refractivity contribution in [2.75, 3.05) is 4.72 Å². The summed E-state index contributed by atoms with van der Waals surface area (Å²) in [6.45, 7) is 1.80. The Morgan fingerprint density at radius 2 is 1.64 bits per heavy atom. The number of hydrogen-bond donors (Lipinski definition) is 1. The predicted molar refractivity (Wildman–Crippen MR) is 78.4 cm³/mol. The molecule has 0 amide bonds. The average Bonchev–Trinajstić information content (AvgIpc) is 2.40. The van der Waals surface area contributed by atoms with E-state index in [0.717, 1.165) is 17.7 Å². The van der Waals surface area contributed by atoms with Crippen LogP contribution in [0.2, 0.25) is 5.02 Å². The molecule has 0 radical (unpaired) electrons. The van der Waals surface area contributed by atoms with Gasteiger partial charge >= 0.3 is 6.18 Å². The van der Waals surface area contributed by atoms with Gasteiger partial charge in [0.2, 0.25) is 0 Å². The van der Waals surface area contributed by atoms with Crippen molar-refractivity contribution in [1.82, 2.24) is 0 Å². The van der Waals surface area contributed by atoms with Gasteiger partial charge < -0.3 is 0 Å². The van der Waals surface area contributed by atoms with E-state index in [-0.39, 0.29) is 15.6 Å². The molecule has 8 heteroatoms. The summed E-state index contributed by atoms with van der Waals surface area (Å²) in [4.78, 5) is -0.00550. The van der Waals surface area contributed by atoms with E-state index in [9.17, 15) is 21.6 Å². The lowest BCUT2D eigenvalue weighted by atomic mass is 10.2. The molecule has 0 aliphatic heterocycles. The summed E-state index contributed by atoms with van der Waals surface area (Å²) >= 11 is 5.73. The van der Waals surface area contributed by atoms with Crippen molar-refractivity contribution in [3.8, 4) is 0 Å². The maximum Gasteiger partial charge on any atom is 0.416 e. The van der Waals surface area contributed by atoms with E-state index in [1.807, 2.05) is 0 Å². The van der Waals surface area contributed by atoms with Gasteiger partial charge in [-0.05, 0) is 37.3 Å². The molecule has 2 aromatic rings. The van der Waals surface area contributed by atoms with Crippen LogP contribution in [0.5, 0.6) is 0 Å². The lowest BCUT2D eigenvalue weighted by Gasteiger charge is -2.12. The Hall–Kier alpha value is -1.73. The monoisotopic (exact) mass is 349 g/mol. The first-order chi connectivity index (χ1) is 10.1. The maximum absolute atomic E-state index is 12.5. The van der Waals surface area contributed by atoms with Crippen LogP contribution >= 0.6 is 11.6 Å². The Kier molecular flexibility index (Phi) is 4.39. The highest BCUT2D eigenvalue weighted by Gasteiger charge is 2.31. The minimum atomic E-state index is -4.54. The van der Waals surface area contributed by atoms with Crippen LogP contribution in [0.1, 0.15) is 11.1 Å². The first kappa shape index (κ1) is 16.6. The molecule has 0 unspecified atom stereocenters.